The molecule has 0 aliphatic heterocycles. The van der Waals surface area contributed by atoms with Crippen molar-refractivity contribution < 1.29 is 32.2 Å². The lowest BCUT2D eigenvalue weighted by atomic mass is 10.1. The second-order valence-corrected chi connectivity index (χ2v) is 6.70. The summed E-state index contributed by atoms with van der Waals surface area (Å²) in [4.78, 5) is 23.4. The van der Waals surface area contributed by atoms with Gasteiger partial charge in [0, 0.05) is 11.8 Å². The number of hydrogen-bond acceptors (Lipinski definition) is 6. The second-order valence-electron chi connectivity index (χ2n) is 6.70. The van der Waals surface area contributed by atoms with Crippen LogP contribution in [0.1, 0.15) is 27.2 Å². The molecule has 0 aliphatic carbocycles. The molecule has 3 aromatic rings. The van der Waals surface area contributed by atoms with E-state index in [-0.39, 0.29) is 6.61 Å². The molecule has 1 aromatic heterocycles. The van der Waals surface area contributed by atoms with E-state index in [1.54, 1.807) is 48.5 Å². The van der Waals surface area contributed by atoms with E-state index in [4.69, 9.17) is 4.74 Å². The molecule has 0 spiro atoms. The first-order valence-corrected chi connectivity index (χ1v) is 9.58. The van der Waals surface area contributed by atoms with E-state index in [1.165, 1.54) is 13.3 Å². The number of aromatic nitrogens is 2. The van der Waals surface area contributed by atoms with Crippen LogP contribution in [0, 0.1) is 0 Å². The zero-order valence-corrected chi connectivity index (χ0v) is 17.4. The normalized spacial score (nSPS) is 11.4. The Balaban J connectivity index is 1.56. The summed E-state index contributed by atoms with van der Waals surface area (Å²) in [5.41, 5.74) is 2.98. The van der Waals surface area contributed by atoms with Crippen LogP contribution in [0.3, 0.4) is 0 Å². The molecule has 1 amide bonds. The molecule has 0 saturated carbocycles. The largest absolute Gasteiger partial charge is 0.488 e. The second kappa shape index (κ2) is 10.4. The van der Waals surface area contributed by atoms with Crippen molar-refractivity contribution in [2.45, 2.75) is 19.3 Å². The standard InChI is InChI=1S/C22H19F3N4O4/c1-32-21(31)16-8-6-15(7-9-16)14-33-18-5-3-2-4-17(18)12-26-27-20(30)13-29-11-10-19(28-29)22(23,24)25/h2-12H,13-14H2,1H3,(H,27,30)/b26-12+. The molecule has 0 unspecified atom stereocenters. The number of nitrogens with zero attached hydrogens (tertiary/aromatic N) is 3. The van der Waals surface area contributed by atoms with Gasteiger partial charge in [-0.25, -0.2) is 10.2 Å². The number of esters is 1. The van der Waals surface area contributed by atoms with Crippen molar-refractivity contribution in [2.75, 3.05) is 7.11 Å². The van der Waals surface area contributed by atoms with Crippen molar-refractivity contribution in [1.29, 1.82) is 0 Å². The highest BCUT2D eigenvalue weighted by molar-refractivity contribution is 5.89. The van der Waals surface area contributed by atoms with E-state index < -0.39 is 30.3 Å². The first-order valence-electron chi connectivity index (χ1n) is 9.58. The Morgan fingerprint density at radius 1 is 1.12 bits per heavy atom. The molecule has 3 rings (SSSR count). The number of amides is 1. The fourth-order valence-electron chi connectivity index (χ4n) is 2.69. The van der Waals surface area contributed by atoms with Crippen LogP contribution in [-0.2, 0) is 28.9 Å². The van der Waals surface area contributed by atoms with Crippen LogP contribution in [0.5, 0.6) is 5.75 Å². The van der Waals surface area contributed by atoms with Gasteiger partial charge in [0.15, 0.2) is 5.69 Å². The van der Waals surface area contributed by atoms with Gasteiger partial charge in [-0.3, -0.25) is 9.48 Å². The van der Waals surface area contributed by atoms with Crippen molar-refractivity contribution in [3.05, 3.63) is 83.2 Å². The Labute approximate surface area is 186 Å². The summed E-state index contributed by atoms with van der Waals surface area (Å²) in [7, 11) is 1.31. The van der Waals surface area contributed by atoms with Gasteiger partial charge < -0.3 is 9.47 Å². The molecule has 8 nitrogen and oxygen atoms in total. The Kier molecular flexibility index (Phi) is 7.44. The first-order chi connectivity index (χ1) is 15.8. The first kappa shape index (κ1) is 23.5. The third-order valence-electron chi connectivity index (χ3n) is 4.32. The van der Waals surface area contributed by atoms with E-state index in [9.17, 15) is 22.8 Å². The van der Waals surface area contributed by atoms with Crippen molar-refractivity contribution in [2.24, 2.45) is 5.10 Å². The van der Waals surface area contributed by atoms with Gasteiger partial charge in [0.1, 0.15) is 18.9 Å². The molecule has 0 bridgehead atoms. The highest BCUT2D eigenvalue weighted by atomic mass is 19.4. The zero-order chi connectivity index (χ0) is 23.8. The quantitative estimate of drug-likeness (QED) is 0.316. The van der Waals surface area contributed by atoms with Gasteiger partial charge in [0.05, 0.1) is 18.9 Å². The number of benzene rings is 2. The maximum atomic E-state index is 12.6. The van der Waals surface area contributed by atoms with Crippen LogP contribution in [0.2, 0.25) is 0 Å². The van der Waals surface area contributed by atoms with Crippen molar-refractivity contribution in [3.8, 4) is 5.75 Å². The summed E-state index contributed by atoms with van der Waals surface area (Å²) >= 11 is 0. The Morgan fingerprint density at radius 2 is 1.85 bits per heavy atom. The van der Waals surface area contributed by atoms with Crippen molar-refractivity contribution >= 4 is 18.1 Å². The van der Waals surface area contributed by atoms with Gasteiger partial charge >= 0.3 is 12.1 Å². The topological polar surface area (TPSA) is 94.8 Å². The molecule has 0 fully saturated rings. The Bertz CT molecular complexity index is 1140. The molecule has 0 atom stereocenters. The molecular formula is C22H19F3N4O4. The molecule has 33 heavy (non-hydrogen) atoms. The number of rotatable bonds is 8. The highest BCUT2D eigenvalue weighted by Crippen LogP contribution is 2.27. The number of nitrogens with one attached hydrogen (secondary N) is 1. The smallest absolute Gasteiger partial charge is 0.435 e. The van der Waals surface area contributed by atoms with E-state index >= 15 is 0 Å². The SMILES string of the molecule is COC(=O)c1ccc(COc2ccccc2/C=N/NC(=O)Cn2ccc(C(F)(F)F)n2)cc1. The molecular weight excluding hydrogens is 441 g/mol. The van der Waals surface area contributed by atoms with Gasteiger partial charge in [-0.1, -0.05) is 24.3 Å². The predicted octanol–water partition coefficient (Wildman–Crippen LogP) is 3.42. The zero-order valence-electron chi connectivity index (χ0n) is 17.4. The lowest BCUT2D eigenvalue weighted by Gasteiger charge is -2.09. The van der Waals surface area contributed by atoms with Crippen LogP contribution in [0.4, 0.5) is 13.2 Å². The number of para-hydroxylation sites is 1. The predicted molar refractivity (Wildman–Crippen MR) is 112 cm³/mol. The van der Waals surface area contributed by atoms with Crippen LogP contribution >= 0.6 is 0 Å². The number of carbonyl (C=O) groups excluding carboxylic acids is 2. The van der Waals surface area contributed by atoms with E-state index in [1.807, 2.05) is 0 Å². The molecule has 0 radical (unpaired) electrons. The summed E-state index contributed by atoms with van der Waals surface area (Å²) in [6, 6.07) is 14.5. The van der Waals surface area contributed by atoms with Crippen molar-refractivity contribution in [3.63, 3.8) is 0 Å². The summed E-state index contributed by atoms with van der Waals surface area (Å²) in [6.07, 6.45) is -2.15. The minimum atomic E-state index is -4.58. The van der Waals surface area contributed by atoms with Gasteiger partial charge in [-0.05, 0) is 35.9 Å². The molecule has 0 saturated heterocycles. The van der Waals surface area contributed by atoms with Crippen LogP contribution in [0.25, 0.3) is 0 Å². The molecule has 11 heteroatoms. The van der Waals surface area contributed by atoms with Gasteiger partial charge in [-0.15, -0.1) is 0 Å². The molecule has 1 heterocycles. The number of hydrogen-bond donors (Lipinski definition) is 1. The minimum absolute atomic E-state index is 0.222. The lowest BCUT2D eigenvalue weighted by molar-refractivity contribution is -0.141. The highest BCUT2D eigenvalue weighted by Gasteiger charge is 2.33. The minimum Gasteiger partial charge on any atom is -0.488 e. The monoisotopic (exact) mass is 460 g/mol. The third kappa shape index (κ3) is 6.66. The number of hydrazone groups is 1. The van der Waals surface area contributed by atoms with Crippen LogP contribution in [0.15, 0.2) is 65.9 Å². The maximum absolute atomic E-state index is 12.6. The number of alkyl halides is 3. The van der Waals surface area contributed by atoms with Gasteiger partial charge in [0.25, 0.3) is 5.91 Å². The van der Waals surface area contributed by atoms with Gasteiger partial charge in [-0.2, -0.15) is 23.4 Å². The molecule has 2 aromatic carbocycles. The van der Waals surface area contributed by atoms with Crippen LogP contribution < -0.4 is 10.2 Å². The van der Waals surface area contributed by atoms with Crippen molar-refractivity contribution in [1.82, 2.24) is 15.2 Å². The maximum Gasteiger partial charge on any atom is 0.435 e. The number of halogens is 3. The molecule has 0 aliphatic rings. The Morgan fingerprint density at radius 3 is 2.52 bits per heavy atom. The van der Waals surface area contributed by atoms with E-state index in [2.05, 4.69) is 20.4 Å². The molecule has 172 valence electrons. The summed E-state index contributed by atoms with van der Waals surface area (Å²) in [6.45, 7) is -0.202. The molecule has 1 N–H and O–H groups in total. The Hall–Kier alpha value is -4.15. The summed E-state index contributed by atoms with van der Waals surface area (Å²) < 4.78 is 49.0. The van der Waals surface area contributed by atoms with E-state index in [0.29, 0.717) is 16.9 Å². The van der Waals surface area contributed by atoms with Crippen LogP contribution in [-0.4, -0.2) is 35.0 Å². The summed E-state index contributed by atoms with van der Waals surface area (Å²) in [5.74, 6) is -0.582. The summed E-state index contributed by atoms with van der Waals surface area (Å²) in [5, 5.41) is 7.14. The average Bonchev–Trinajstić information content (AvgIpc) is 3.27. The third-order valence-corrected chi connectivity index (χ3v) is 4.32. The number of carbonyl (C=O) groups is 2. The van der Waals surface area contributed by atoms with E-state index in [0.717, 1.165) is 22.5 Å². The number of ether oxygens (including phenoxy) is 2. The number of methoxy groups -OCH3 is 1. The fraction of sp³-hybridized carbons (Fsp3) is 0.182. The average molecular weight is 460 g/mol. The fourth-order valence-corrected chi connectivity index (χ4v) is 2.69. The van der Waals surface area contributed by atoms with Gasteiger partial charge in [0.2, 0.25) is 0 Å². The lowest BCUT2D eigenvalue weighted by Crippen LogP contribution is -2.23.